The standard InChI is InChI=1S/C16H24BrN3/c1-12(18)15-6-5-13(10-16(15)17)20-9-3-8-19-7-2-4-14(19)11-20/h5-6,10,12,14H,2-4,7-9,11,18H2,1H3. The highest BCUT2D eigenvalue weighted by atomic mass is 79.9. The zero-order valence-electron chi connectivity index (χ0n) is 12.2. The fourth-order valence-electron chi connectivity index (χ4n) is 3.52. The molecule has 0 radical (unpaired) electrons. The van der Waals surface area contributed by atoms with E-state index in [1.807, 2.05) is 6.92 Å². The highest BCUT2D eigenvalue weighted by Crippen LogP contribution is 2.30. The SMILES string of the molecule is CC(N)c1ccc(N2CCCN3CCCC3C2)cc1Br. The first-order chi connectivity index (χ1) is 9.65. The van der Waals surface area contributed by atoms with Gasteiger partial charge in [0.15, 0.2) is 0 Å². The van der Waals surface area contributed by atoms with E-state index in [0.29, 0.717) is 0 Å². The van der Waals surface area contributed by atoms with Crippen molar-refractivity contribution in [2.24, 2.45) is 5.73 Å². The summed E-state index contributed by atoms with van der Waals surface area (Å²) in [5.74, 6) is 0. The second-order valence-corrected chi connectivity index (χ2v) is 6.98. The topological polar surface area (TPSA) is 32.5 Å². The molecule has 0 bridgehead atoms. The second kappa shape index (κ2) is 6.04. The predicted molar refractivity (Wildman–Crippen MR) is 88.2 cm³/mol. The van der Waals surface area contributed by atoms with Crippen LogP contribution in [0.5, 0.6) is 0 Å². The average Bonchev–Trinajstić information content (AvgIpc) is 2.75. The van der Waals surface area contributed by atoms with Crippen molar-refractivity contribution >= 4 is 21.6 Å². The Labute approximate surface area is 130 Å². The van der Waals surface area contributed by atoms with Crippen molar-refractivity contribution in [1.82, 2.24) is 4.90 Å². The number of rotatable bonds is 2. The Balaban J connectivity index is 1.79. The van der Waals surface area contributed by atoms with E-state index >= 15 is 0 Å². The summed E-state index contributed by atoms with van der Waals surface area (Å²) in [7, 11) is 0. The molecule has 2 aliphatic rings. The summed E-state index contributed by atoms with van der Waals surface area (Å²) >= 11 is 3.67. The van der Waals surface area contributed by atoms with Crippen LogP contribution in [-0.2, 0) is 0 Å². The Kier molecular flexibility index (Phi) is 4.34. The number of nitrogens with two attached hydrogens (primary N) is 1. The molecule has 3 nitrogen and oxygen atoms in total. The molecule has 2 N–H and O–H groups in total. The van der Waals surface area contributed by atoms with Gasteiger partial charge >= 0.3 is 0 Å². The molecule has 2 heterocycles. The normalized spacial score (nSPS) is 25.4. The minimum Gasteiger partial charge on any atom is -0.370 e. The molecular weight excluding hydrogens is 314 g/mol. The van der Waals surface area contributed by atoms with Gasteiger partial charge in [0.25, 0.3) is 0 Å². The van der Waals surface area contributed by atoms with Gasteiger partial charge in [-0.3, -0.25) is 4.90 Å². The van der Waals surface area contributed by atoms with Gasteiger partial charge in [-0.1, -0.05) is 22.0 Å². The molecule has 0 saturated carbocycles. The molecule has 2 atom stereocenters. The average molecular weight is 338 g/mol. The van der Waals surface area contributed by atoms with Gasteiger partial charge in [-0.05, 0) is 50.4 Å². The van der Waals surface area contributed by atoms with E-state index in [-0.39, 0.29) is 6.04 Å². The van der Waals surface area contributed by atoms with E-state index < -0.39 is 0 Å². The lowest BCUT2D eigenvalue weighted by Crippen LogP contribution is -2.36. The van der Waals surface area contributed by atoms with Crippen LogP contribution in [0.3, 0.4) is 0 Å². The second-order valence-electron chi connectivity index (χ2n) is 6.13. The van der Waals surface area contributed by atoms with Crippen LogP contribution in [0.4, 0.5) is 5.69 Å². The third-order valence-electron chi connectivity index (χ3n) is 4.64. The van der Waals surface area contributed by atoms with Gasteiger partial charge in [0.1, 0.15) is 0 Å². The number of anilines is 1. The van der Waals surface area contributed by atoms with Crippen molar-refractivity contribution in [3.63, 3.8) is 0 Å². The number of hydrogen-bond acceptors (Lipinski definition) is 3. The molecule has 0 aromatic heterocycles. The lowest BCUT2D eigenvalue weighted by molar-refractivity contribution is 0.273. The van der Waals surface area contributed by atoms with Crippen LogP contribution >= 0.6 is 15.9 Å². The molecule has 110 valence electrons. The summed E-state index contributed by atoms with van der Waals surface area (Å²) in [6, 6.07) is 7.47. The summed E-state index contributed by atoms with van der Waals surface area (Å²) in [6.45, 7) is 6.93. The fourth-order valence-corrected chi connectivity index (χ4v) is 4.25. The molecular formula is C16H24BrN3. The molecule has 0 spiro atoms. The lowest BCUT2D eigenvalue weighted by Gasteiger charge is -2.28. The molecule has 2 unspecified atom stereocenters. The predicted octanol–water partition coefficient (Wildman–Crippen LogP) is 3.14. The smallest absolute Gasteiger partial charge is 0.0378 e. The van der Waals surface area contributed by atoms with E-state index in [1.54, 1.807) is 0 Å². The van der Waals surface area contributed by atoms with Crippen LogP contribution in [0.25, 0.3) is 0 Å². The van der Waals surface area contributed by atoms with Crippen molar-refractivity contribution in [2.45, 2.75) is 38.3 Å². The van der Waals surface area contributed by atoms with E-state index in [0.717, 1.165) is 17.1 Å². The third kappa shape index (κ3) is 2.87. The molecule has 1 aromatic rings. The van der Waals surface area contributed by atoms with Gasteiger partial charge in [0.05, 0.1) is 0 Å². The summed E-state index contributed by atoms with van der Waals surface area (Å²) < 4.78 is 1.14. The van der Waals surface area contributed by atoms with E-state index in [1.165, 1.54) is 50.1 Å². The van der Waals surface area contributed by atoms with Crippen LogP contribution in [0.1, 0.15) is 37.8 Å². The maximum Gasteiger partial charge on any atom is 0.0378 e. The van der Waals surface area contributed by atoms with Crippen molar-refractivity contribution < 1.29 is 0 Å². The van der Waals surface area contributed by atoms with Crippen molar-refractivity contribution in [2.75, 3.05) is 31.1 Å². The van der Waals surface area contributed by atoms with Crippen LogP contribution in [-0.4, -0.2) is 37.1 Å². The molecule has 3 rings (SSSR count). The van der Waals surface area contributed by atoms with Crippen molar-refractivity contribution in [3.05, 3.63) is 28.2 Å². The third-order valence-corrected chi connectivity index (χ3v) is 5.33. The zero-order valence-corrected chi connectivity index (χ0v) is 13.8. The molecule has 2 aliphatic heterocycles. The van der Waals surface area contributed by atoms with Crippen LogP contribution in [0, 0.1) is 0 Å². The first kappa shape index (κ1) is 14.4. The molecule has 1 aromatic carbocycles. The van der Waals surface area contributed by atoms with Crippen LogP contribution in [0.15, 0.2) is 22.7 Å². The Bertz CT molecular complexity index is 475. The minimum atomic E-state index is 0.0767. The summed E-state index contributed by atoms with van der Waals surface area (Å²) in [5, 5.41) is 0. The molecule has 0 amide bonds. The van der Waals surface area contributed by atoms with E-state index in [4.69, 9.17) is 5.73 Å². The van der Waals surface area contributed by atoms with E-state index in [9.17, 15) is 0 Å². The van der Waals surface area contributed by atoms with Crippen molar-refractivity contribution in [3.8, 4) is 0 Å². The molecule has 20 heavy (non-hydrogen) atoms. The first-order valence-electron chi connectivity index (χ1n) is 7.69. The lowest BCUT2D eigenvalue weighted by atomic mass is 10.1. The fraction of sp³-hybridized carbons (Fsp3) is 0.625. The number of fused-ring (bicyclic) bond motifs is 1. The summed E-state index contributed by atoms with van der Waals surface area (Å²) in [5.41, 5.74) is 8.50. The molecule has 2 fully saturated rings. The Morgan fingerprint density at radius 2 is 2.05 bits per heavy atom. The zero-order chi connectivity index (χ0) is 14.1. The first-order valence-corrected chi connectivity index (χ1v) is 8.48. The molecule has 2 saturated heterocycles. The van der Waals surface area contributed by atoms with E-state index in [2.05, 4.69) is 43.9 Å². The largest absolute Gasteiger partial charge is 0.370 e. The minimum absolute atomic E-state index is 0.0767. The monoisotopic (exact) mass is 337 g/mol. The van der Waals surface area contributed by atoms with Gasteiger partial charge in [-0.2, -0.15) is 0 Å². The van der Waals surface area contributed by atoms with Gasteiger partial charge < -0.3 is 10.6 Å². The Morgan fingerprint density at radius 1 is 1.25 bits per heavy atom. The maximum absolute atomic E-state index is 5.99. The quantitative estimate of drug-likeness (QED) is 0.899. The maximum atomic E-state index is 5.99. The Hall–Kier alpha value is -0.580. The molecule has 0 aliphatic carbocycles. The highest BCUT2D eigenvalue weighted by molar-refractivity contribution is 9.10. The number of nitrogens with zero attached hydrogens (tertiary/aromatic N) is 2. The van der Waals surface area contributed by atoms with Crippen LogP contribution < -0.4 is 10.6 Å². The number of benzene rings is 1. The van der Waals surface area contributed by atoms with Gasteiger partial charge in [0.2, 0.25) is 0 Å². The molecule has 4 heteroatoms. The number of halogens is 1. The number of hydrogen-bond donors (Lipinski definition) is 1. The summed E-state index contributed by atoms with van der Waals surface area (Å²) in [4.78, 5) is 5.22. The van der Waals surface area contributed by atoms with Gasteiger partial charge in [0, 0.05) is 41.9 Å². The van der Waals surface area contributed by atoms with Gasteiger partial charge in [-0.15, -0.1) is 0 Å². The Morgan fingerprint density at radius 3 is 2.80 bits per heavy atom. The summed E-state index contributed by atoms with van der Waals surface area (Å²) in [6.07, 6.45) is 3.99. The van der Waals surface area contributed by atoms with Crippen molar-refractivity contribution in [1.29, 1.82) is 0 Å². The van der Waals surface area contributed by atoms with Gasteiger partial charge in [-0.25, -0.2) is 0 Å². The highest BCUT2D eigenvalue weighted by Gasteiger charge is 2.28. The van der Waals surface area contributed by atoms with Crippen LogP contribution in [0.2, 0.25) is 0 Å².